The summed E-state index contributed by atoms with van der Waals surface area (Å²) in [6.45, 7) is 11.9. The zero-order valence-corrected chi connectivity index (χ0v) is 17.4. The lowest BCUT2D eigenvalue weighted by molar-refractivity contribution is 0.0219. The van der Waals surface area contributed by atoms with Gasteiger partial charge >= 0.3 is 0 Å². The Hall–Kier alpha value is -2.08. The van der Waals surface area contributed by atoms with E-state index in [0.29, 0.717) is 25.7 Å². The summed E-state index contributed by atoms with van der Waals surface area (Å²) in [5.41, 5.74) is 2.42. The Morgan fingerprint density at radius 3 is 2.75 bits per heavy atom. The Kier molecular flexibility index (Phi) is 9.28. The van der Waals surface area contributed by atoms with Crippen molar-refractivity contribution in [2.24, 2.45) is 5.92 Å². The van der Waals surface area contributed by atoms with E-state index in [2.05, 4.69) is 60.4 Å². The highest BCUT2D eigenvalue weighted by atomic mass is 16.5. The minimum Gasteiger partial charge on any atom is -0.497 e. The van der Waals surface area contributed by atoms with E-state index < -0.39 is 6.10 Å². The summed E-state index contributed by atoms with van der Waals surface area (Å²) in [6, 6.07) is 12.4. The van der Waals surface area contributed by atoms with Crippen molar-refractivity contribution in [2.45, 2.75) is 33.0 Å². The van der Waals surface area contributed by atoms with Crippen LogP contribution in [0.15, 0.2) is 55.3 Å². The topological polar surface area (TPSA) is 46.9 Å². The third-order valence-electron chi connectivity index (χ3n) is 4.43. The van der Waals surface area contributed by atoms with Gasteiger partial charge < -0.3 is 19.1 Å². The molecule has 1 aromatic carbocycles. The summed E-state index contributed by atoms with van der Waals surface area (Å²) in [4.78, 5) is 2.30. The second-order valence-electron chi connectivity index (χ2n) is 7.55. The largest absolute Gasteiger partial charge is 0.497 e. The molecule has 0 aliphatic rings. The summed E-state index contributed by atoms with van der Waals surface area (Å²) in [6.07, 6.45) is 3.29. The van der Waals surface area contributed by atoms with Gasteiger partial charge in [-0.15, -0.1) is 6.58 Å². The van der Waals surface area contributed by atoms with Crippen LogP contribution in [-0.2, 0) is 17.8 Å². The number of benzene rings is 1. The number of aliphatic hydroxyl groups is 1. The minimum atomic E-state index is -0.513. The zero-order valence-electron chi connectivity index (χ0n) is 17.4. The Bertz CT molecular complexity index is 711. The molecule has 0 amide bonds. The van der Waals surface area contributed by atoms with Gasteiger partial charge in [-0.2, -0.15) is 0 Å². The van der Waals surface area contributed by atoms with Gasteiger partial charge in [-0.05, 0) is 35.7 Å². The molecule has 0 saturated carbocycles. The molecule has 154 valence electrons. The van der Waals surface area contributed by atoms with Crippen molar-refractivity contribution in [2.75, 3.05) is 33.4 Å². The highest BCUT2D eigenvalue weighted by molar-refractivity contribution is 5.29. The average Bonchev–Trinajstić information content (AvgIpc) is 3.08. The lowest BCUT2D eigenvalue weighted by atomic mass is 10.2. The molecule has 1 N–H and O–H groups in total. The van der Waals surface area contributed by atoms with Crippen LogP contribution in [0.3, 0.4) is 0 Å². The van der Waals surface area contributed by atoms with Crippen molar-refractivity contribution in [3.05, 3.63) is 66.5 Å². The second kappa shape index (κ2) is 11.7. The van der Waals surface area contributed by atoms with Gasteiger partial charge in [0, 0.05) is 38.1 Å². The van der Waals surface area contributed by atoms with Crippen molar-refractivity contribution in [3.63, 3.8) is 0 Å². The Morgan fingerprint density at radius 2 is 2.04 bits per heavy atom. The molecule has 28 heavy (non-hydrogen) atoms. The molecule has 2 rings (SSSR count). The van der Waals surface area contributed by atoms with E-state index in [0.717, 1.165) is 25.4 Å². The summed E-state index contributed by atoms with van der Waals surface area (Å²) in [7, 11) is 1.69. The standard InChI is InChI=1S/C23H34N2O3/c1-5-12-28-18-22(26)17-24(14-19(2)3)16-21-9-7-11-25(21)15-20-8-6-10-23(13-20)27-4/h5-11,13,19,22,26H,1,12,14-18H2,2-4H3/t22-/m0/s1. The molecule has 0 spiro atoms. The number of nitrogens with zero attached hydrogens (tertiary/aromatic N) is 2. The first-order valence-electron chi connectivity index (χ1n) is 9.87. The van der Waals surface area contributed by atoms with Crippen LogP contribution in [0, 0.1) is 5.92 Å². The minimum absolute atomic E-state index is 0.325. The molecular formula is C23H34N2O3. The first kappa shape index (κ1) is 22.2. The Balaban J connectivity index is 2.03. The number of methoxy groups -OCH3 is 1. The van der Waals surface area contributed by atoms with Gasteiger partial charge in [-0.1, -0.05) is 32.1 Å². The quantitative estimate of drug-likeness (QED) is 0.422. The third kappa shape index (κ3) is 7.50. The van der Waals surface area contributed by atoms with Gasteiger partial charge in [0.15, 0.2) is 0 Å². The van der Waals surface area contributed by atoms with E-state index in [1.165, 1.54) is 11.3 Å². The predicted octanol–water partition coefficient (Wildman–Crippen LogP) is 3.57. The van der Waals surface area contributed by atoms with Crippen LogP contribution in [0.2, 0.25) is 0 Å². The maximum absolute atomic E-state index is 10.3. The first-order chi connectivity index (χ1) is 13.5. The van der Waals surface area contributed by atoms with Crippen LogP contribution in [0.1, 0.15) is 25.1 Å². The molecule has 2 aromatic rings. The summed E-state index contributed by atoms with van der Waals surface area (Å²) < 4.78 is 13.0. The molecule has 5 heteroatoms. The lowest BCUT2D eigenvalue weighted by Gasteiger charge is -2.27. The molecule has 0 unspecified atom stereocenters. The van der Waals surface area contributed by atoms with E-state index in [-0.39, 0.29) is 0 Å². The lowest BCUT2D eigenvalue weighted by Crippen LogP contribution is -2.37. The highest BCUT2D eigenvalue weighted by Gasteiger charge is 2.15. The molecule has 1 aromatic heterocycles. The number of hydrogen-bond donors (Lipinski definition) is 1. The molecule has 0 aliphatic heterocycles. The molecule has 5 nitrogen and oxygen atoms in total. The molecule has 1 atom stereocenters. The molecule has 1 heterocycles. The smallest absolute Gasteiger partial charge is 0.119 e. The van der Waals surface area contributed by atoms with Crippen molar-refractivity contribution < 1.29 is 14.6 Å². The second-order valence-corrected chi connectivity index (χ2v) is 7.55. The molecule has 0 saturated heterocycles. The maximum atomic E-state index is 10.3. The summed E-state index contributed by atoms with van der Waals surface area (Å²) in [5, 5.41) is 10.3. The maximum Gasteiger partial charge on any atom is 0.119 e. The number of ether oxygens (including phenoxy) is 2. The molecule has 0 radical (unpaired) electrons. The van der Waals surface area contributed by atoms with Crippen LogP contribution in [0.5, 0.6) is 5.75 Å². The van der Waals surface area contributed by atoms with Crippen molar-refractivity contribution in [3.8, 4) is 5.75 Å². The fourth-order valence-electron chi connectivity index (χ4n) is 3.30. The Morgan fingerprint density at radius 1 is 1.21 bits per heavy atom. The monoisotopic (exact) mass is 386 g/mol. The normalized spacial score (nSPS) is 12.5. The van der Waals surface area contributed by atoms with Crippen LogP contribution in [0.25, 0.3) is 0 Å². The summed E-state index contributed by atoms with van der Waals surface area (Å²) in [5.74, 6) is 1.39. The number of hydrogen-bond acceptors (Lipinski definition) is 4. The third-order valence-corrected chi connectivity index (χ3v) is 4.43. The SMILES string of the molecule is C=CCOC[C@@H](O)CN(Cc1cccn1Cc1cccc(OC)c1)CC(C)C. The van der Waals surface area contributed by atoms with Crippen LogP contribution in [0.4, 0.5) is 0 Å². The van der Waals surface area contributed by atoms with Gasteiger partial charge in [0.25, 0.3) is 0 Å². The van der Waals surface area contributed by atoms with Gasteiger partial charge in [0.2, 0.25) is 0 Å². The number of rotatable bonds is 13. The van der Waals surface area contributed by atoms with Crippen molar-refractivity contribution >= 4 is 0 Å². The fourth-order valence-corrected chi connectivity index (χ4v) is 3.30. The van der Waals surface area contributed by atoms with Gasteiger partial charge in [0.05, 0.1) is 26.4 Å². The van der Waals surface area contributed by atoms with Gasteiger partial charge in [0.1, 0.15) is 5.75 Å². The average molecular weight is 387 g/mol. The van der Waals surface area contributed by atoms with E-state index in [9.17, 15) is 5.11 Å². The molecule has 0 fully saturated rings. The first-order valence-corrected chi connectivity index (χ1v) is 9.87. The summed E-state index contributed by atoms with van der Waals surface area (Å²) >= 11 is 0. The number of aromatic nitrogens is 1. The predicted molar refractivity (Wildman–Crippen MR) is 114 cm³/mol. The van der Waals surface area contributed by atoms with Gasteiger partial charge in [-0.3, -0.25) is 4.90 Å². The van der Waals surface area contributed by atoms with Crippen molar-refractivity contribution in [1.29, 1.82) is 0 Å². The number of aliphatic hydroxyl groups excluding tert-OH is 1. The van der Waals surface area contributed by atoms with E-state index in [1.54, 1.807) is 13.2 Å². The fraction of sp³-hybridized carbons (Fsp3) is 0.478. The molecule has 0 aliphatic carbocycles. The van der Waals surface area contributed by atoms with E-state index >= 15 is 0 Å². The van der Waals surface area contributed by atoms with Crippen molar-refractivity contribution in [1.82, 2.24) is 9.47 Å². The van der Waals surface area contributed by atoms with Crippen LogP contribution < -0.4 is 4.74 Å². The van der Waals surface area contributed by atoms with Gasteiger partial charge in [-0.25, -0.2) is 0 Å². The van der Waals surface area contributed by atoms with Crippen LogP contribution >= 0.6 is 0 Å². The molecular weight excluding hydrogens is 352 g/mol. The highest BCUT2D eigenvalue weighted by Crippen LogP contribution is 2.16. The molecule has 0 bridgehead atoms. The Labute approximate surface area is 169 Å². The van der Waals surface area contributed by atoms with E-state index in [4.69, 9.17) is 9.47 Å². The zero-order chi connectivity index (χ0) is 20.4. The van der Waals surface area contributed by atoms with E-state index in [1.807, 2.05) is 12.1 Å². The van der Waals surface area contributed by atoms with Crippen LogP contribution in [-0.4, -0.2) is 54.1 Å².